The molecule has 0 aromatic carbocycles. The van der Waals surface area contributed by atoms with Crippen LogP contribution >= 0.6 is 0 Å². The molecule has 0 heterocycles. The second-order valence-electron chi connectivity index (χ2n) is 25.2. The molecule has 0 aromatic heterocycles. The van der Waals surface area contributed by atoms with E-state index < -0.39 is 6.10 Å². The van der Waals surface area contributed by atoms with Crippen molar-refractivity contribution in [2.75, 3.05) is 13.2 Å². The Balaban J connectivity index is 4.12. The summed E-state index contributed by atoms with van der Waals surface area (Å²) < 4.78 is 17.0. The van der Waals surface area contributed by atoms with Crippen LogP contribution in [-0.4, -0.2) is 37.2 Å². The second kappa shape index (κ2) is 71.8. The Morgan fingerprint density at radius 1 is 0.241 bits per heavy atom. The van der Waals surface area contributed by atoms with Gasteiger partial charge in [-0.3, -0.25) is 14.4 Å². The first-order chi connectivity index (χ1) is 41.0. The molecular formula is C77H142O6. The number of carbonyl (C=O) groups is 3. The van der Waals surface area contributed by atoms with Crippen LogP contribution in [0.5, 0.6) is 0 Å². The molecule has 0 aromatic rings. The molecule has 486 valence electrons. The fraction of sp³-hybridized carbons (Fsp3) is 0.857. The van der Waals surface area contributed by atoms with Crippen LogP contribution < -0.4 is 0 Å². The Bertz CT molecular complexity index is 1430. The van der Waals surface area contributed by atoms with Gasteiger partial charge in [-0.15, -0.1) is 0 Å². The van der Waals surface area contributed by atoms with Gasteiger partial charge in [-0.05, 0) is 77.0 Å². The molecule has 6 nitrogen and oxygen atoms in total. The molecule has 0 aliphatic rings. The van der Waals surface area contributed by atoms with Crippen molar-refractivity contribution in [3.8, 4) is 0 Å². The minimum absolute atomic E-state index is 0.0756. The van der Waals surface area contributed by atoms with Crippen LogP contribution in [0.4, 0.5) is 0 Å². The van der Waals surface area contributed by atoms with Crippen molar-refractivity contribution in [2.45, 2.75) is 412 Å². The summed E-state index contributed by atoms with van der Waals surface area (Å²) >= 11 is 0. The summed E-state index contributed by atoms with van der Waals surface area (Å²) in [5.41, 5.74) is 0. The van der Waals surface area contributed by atoms with E-state index in [1.54, 1.807) is 0 Å². The van der Waals surface area contributed by atoms with Crippen LogP contribution in [0.2, 0.25) is 0 Å². The molecule has 0 radical (unpaired) electrons. The first kappa shape index (κ1) is 80.4. The lowest BCUT2D eigenvalue weighted by Gasteiger charge is -2.18. The minimum Gasteiger partial charge on any atom is -0.462 e. The highest BCUT2D eigenvalue weighted by molar-refractivity contribution is 5.71. The number of esters is 3. The smallest absolute Gasteiger partial charge is 0.306 e. The largest absolute Gasteiger partial charge is 0.462 e. The maximum atomic E-state index is 12.9. The lowest BCUT2D eigenvalue weighted by atomic mass is 10.0. The molecule has 0 spiro atoms. The molecule has 0 saturated heterocycles. The third-order valence-electron chi connectivity index (χ3n) is 16.8. The van der Waals surface area contributed by atoms with Crippen molar-refractivity contribution >= 4 is 17.9 Å². The van der Waals surface area contributed by atoms with Crippen LogP contribution in [0.1, 0.15) is 406 Å². The van der Waals surface area contributed by atoms with Crippen LogP contribution in [0.3, 0.4) is 0 Å². The summed E-state index contributed by atoms with van der Waals surface area (Å²) in [5, 5.41) is 0. The summed E-state index contributed by atoms with van der Waals surface area (Å²) in [5.74, 6) is -0.870. The van der Waals surface area contributed by atoms with E-state index in [-0.39, 0.29) is 31.1 Å². The zero-order valence-corrected chi connectivity index (χ0v) is 56.0. The normalized spacial score (nSPS) is 12.3. The van der Waals surface area contributed by atoms with Crippen molar-refractivity contribution in [2.24, 2.45) is 0 Å². The Morgan fingerprint density at radius 3 is 0.735 bits per heavy atom. The van der Waals surface area contributed by atoms with Gasteiger partial charge in [0.25, 0.3) is 0 Å². The van der Waals surface area contributed by atoms with Gasteiger partial charge in [0.15, 0.2) is 6.10 Å². The first-order valence-corrected chi connectivity index (χ1v) is 37.1. The van der Waals surface area contributed by atoms with Crippen LogP contribution in [0.25, 0.3) is 0 Å². The average Bonchev–Trinajstić information content (AvgIpc) is 3.49. The summed E-state index contributed by atoms with van der Waals surface area (Å²) in [4.78, 5) is 38.4. The van der Waals surface area contributed by atoms with Gasteiger partial charge in [-0.2, -0.15) is 0 Å². The van der Waals surface area contributed by atoms with E-state index in [4.69, 9.17) is 14.2 Å². The fourth-order valence-electron chi connectivity index (χ4n) is 11.2. The number of hydrogen-bond donors (Lipinski definition) is 0. The molecule has 6 heteroatoms. The highest BCUT2D eigenvalue weighted by Gasteiger charge is 2.19. The number of allylic oxidation sites excluding steroid dienone is 8. The monoisotopic (exact) mass is 1160 g/mol. The fourth-order valence-corrected chi connectivity index (χ4v) is 11.2. The van der Waals surface area contributed by atoms with Gasteiger partial charge < -0.3 is 14.2 Å². The van der Waals surface area contributed by atoms with Crippen molar-refractivity contribution in [3.63, 3.8) is 0 Å². The van der Waals surface area contributed by atoms with Crippen LogP contribution in [-0.2, 0) is 28.6 Å². The number of unbranched alkanes of at least 4 members (excludes halogenated alkanes) is 50. The third kappa shape index (κ3) is 70.0. The lowest BCUT2D eigenvalue weighted by Crippen LogP contribution is -2.30. The highest BCUT2D eigenvalue weighted by atomic mass is 16.6. The van der Waals surface area contributed by atoms with E-state index in [9.17, 15) is 14.4 Å². The van der Waals surface area contributed by atoms with Crippen molar-refractivity contribution in [3.05, 3.63) is 48.6 Å². The molecule has 0 bridgehead atoms. The van der Waals surface area contributed by atoms with Crippen molar-refractivity contribution < 1.29 is 28.6 Å². The topological polar surface area (TPSA) is 78.9 Å². The number of ether oxygens (including phenoxy) is 3. The van der Waals surface area contributed by atoms with Crippen LogP contribution in [0.15, 0.2) is 48.6 Å². The summed E-state index contributed by atoms with van der Waals surface area (Å²) in [7, 11) is 0. The van der Waals surface area contributed by atoms with E-state index in [2.05, 4.69) is 69.4 Å². The third-order valence-corrected chi connectivity index (χ3v) is 16.8. The molecule has 0 aliphatic heterocycles. The Kier molecular flexibility index (Phi) is 69.6. The molecule has 1 atom stereocenters. The zero-order valence-electron chi connectivity index (χ0n) is 56.0. The van der Waals surface area contributed by atoms with Gasteiger partial charge in [-0.25, -0.2) is 0 Å². The Morgan fingerprint density at radius 2 is 0.458 bits per heavy atom. The minimum atomic E-state index is -0.781. The number of rotatable bonds is 69. The maximum absolute atomic E-state index is 12.9. The maximum Gasteiger partial charge on any atom is 0.306 e. The molecule has 0 rings (SSSR count). The number of hydrogen-bond acceptors (Lipinski definition) is 6. The highest BCUT2D eigenvalue weighted by Crippen LogP contribution is 2.19. The lowest BCUT2D eigenvalue weighted by molar-refractivity contribution is -0.167. The Labute approximate surface area is 518 Å². The second-order valence-corrected chi connectivity index (χ2v) is 25.2. The summed E-state index contributed by atoms with van der Waals surface area (Å²) in [6, 6.07) is 0. The van der Waals surface area contributed by atoms with E-state index in [1.165, 1.54) is 276 Å². The predicted octanol–water partition coefficient (Wildman–Crippen LogP) is 25.7. The molecule has 0 amide bonds. The van der Waals surface area contributed by atoms with Gasteiger partial charge in [0.2, 0.25) is 0 Å². The van der Waals surface area contributed by atoms with Gasteiger partial charge >= 0.3 is 17.9 Å². The van der Waals surface area contributed by atoms with E-state index in [0.29, 0.717) is 19.3 Å². The standard InChI is InChI=1S/C77H142O6/c1-4-7-10-13-16-19-22-25-27-29-31-32-33-34-35-36-37-38-39-40-41-42-43-44-46-47-49-52-55-58-61-64-67-70-76(79)82-73-74(72-81-75(78)69-66-63-60-57-54-51-24-21-18-15-12-9-6-3)83-77(80)71-68-65-62-59-56-53-50-48-45-30-28-26-23-20-17-14-11-8-5-2/h12,15,17,20-21,24,26,28,74H,4-11,13-14,16,18-19,22-23,25,27,29-73H2,1-3H3/b15-12-,20-17-,24-21-,28-26-. The zero-order chi connectivity index (χ0) is 59.9. The molecule has 1 unspecified atom stereocenters. The van der Waals surface area contributed by atoms with Gasteiger partial charge in [-0.1, -0.05) is 358 Å². The van der Waals surface area contributed by atoms with Gasteiger partial charge in [0.05, 0.1) is 0 Å². The molecule has 0 N–H and O–H groups in total. The van der Waals surface area contributed by atoms with Crippen LogP contribution in [0, 0.1) is 0 Å². The quantitative estimate of drug-likeness (QED) is 0.0261. The SMILES string of the molecule is CCC/C=C\C/C=C\CCCCCCCC(=O)OCC(COC(=O)CCCCCCCCCCCCCCCCCCCCCCCCCCCCCCCCCCC)OC(=O)CCCCCCCCCCC/C=C\C/C=C\CCCCC. The predicted molar refractivity (Wildman–Crippen MR) is 362 cm³/mol. The number of carbonyl (C=O) groups excluding carboxylic acids is 3. The first-order valence-electron chi connectivity index (χ1n) is 37.1. The van der Waals surface area contributed by atoms with Crippen molar-refractivity contribution in [1.29, 1.82) is 0 Å². The van der Waals surface area contributed by atoms with Crippen molar-refractivity contribution in [1.82, 2.24) is 0 Å². The van der Waals surface area contributed by atoms with E-state index in [0.717, 1.165) is 89.9 Å². The van der Waals surface area contributed by atoms with E-state index >= 15 is 0 Å². The molecule has 83 heavy (non-hydrogen) atoms. The van der Waals surface area contributed by atoms with Gasteiger partial charge in [0, 0.05) is 19.3 Å². The van der Waals surface area contributed by atoms with Gasteiger partial charge in [0.1, 0.15) is 13.2 Å². The molecule has 0 aliphatic carbocycles. The summed E-state index contributed by atoms with van der Waals surface area (Å²) in [6.07, 6.45) is 91.7. The molecular weight excluding hydrogens is 1020 g/mol. The Hall–Kier alpha value is -2.63. The molecule has 0 fully saturated rings. The molecule has 0 saturated carbocycles. The average molecular weight is 1160 g/mol. The summed E-state index contributed by atoms with van der Waals surface area (Å²) in [6.45, 7) is 6.60. The van der Waals surface area contributed by atoms with E-state index in [1.807, 2.05) is 0 Å².